The predicted molar refractivity (Wildman–Crippen MR) is 121 cm³/mol. The maximum Gasteiger partial charge on any atom is 0.252 e. The van der Waals surface area contributed by atoms with Crippen LogP contribution < -0.4 is 10.1 Å². The lowest BCUT2D eigenvalue weighted by molar-refractivity contribution is -0.116. The minimum Gasteiger partial charge on any atom is -0.497 e. The number of amides is 1. The Morgan fingerprint density at radius 3 is 2.16 bits per heavy atom. The van der Waals surface area contributed by atoms with Crippen LogP contribution in [0.25, 0.3) is 5.57 Å². The topological polar surface area (TPSA) is 72.5 Å². The third-order valence-electron chi connectivity index (χ3n) is 4.61. The Balaban J connectivity index is 1.83. The van der Waals surface area contributed by atoms with Crippen LogP contribution in [0.2, 0.25) is 0 Å². The van der Waals surface area contributed by atoms with Gasteiger partial charge in [-0.05, 0) is 42.3 Å². The fourth-order valence-electron chi connectivity index (χ4n) is 2.88. The molecule has 3 aromatic carbocycles. The number of carbonyl (C=O) groups is 1. The number of benzene rings is 3. The van der Waals surface area contributed by atoms with Gasteiger partial charge in [-0.25, -0.2) is 8.42 Å². The third kappa shape index (κ3) is 5.95. The van der Waals surface area contributed by atoms with E-state index < -0.39 is 21.6 Å². The van der Waals surface area contributed by atoms with Crippen LogP contribution in [0.5, 0.6) is 5.75 Å². The molecule has 0 radical (unpaired) electrons. The zero-order valence-corrected chi connectivity index (χ0v) is 18.1. The second-order valence-electron chi connectivity index (χ2n) is 6.87. The molecule has 0 fully saturated rings. The average molecular weight is 434 g/mol. The van der Waals surface area contributed by atoms with Gasteiger partial charge in [0.2, 0.25) is 0 Å². The quantitative estimate of drug-likeness (QED) is 0.449. The number of carbonyl (C=O) groups excluding carboxylic acids is 1. The highest BCUT2D eigenvalue weighted by atomic mass is 32.2. The van der Waals surface area contributed by atoms with Gasteiger partial charge >= 0.3 is 0 Å². The van der Waals surface area contributed by atoms with Gasteiger partial charge in [0.15, 0.2) is 9.84 Å². The lowest BCUT2D eigenvalue weighted by atomic mass is 9.98. The molecular weight excluding hydrogens is 410 g/mol. The Labute approximate surface area is 182 Å². The molecule has 1 N–H and O–H groups in total. The van der Waals surface area contributed by atoms with Crippen molar-refractivity contribution >= 4 is 21.3 Å². The average Bonchev–Trinajstić information content (AvgIpc) is 2.79. The van der Waals surface area contributed by atoms with Crippen LogP contribution in [0.1, 0.15) is 16.7 Å². The number of sulfone groups is 1. The van der Waals surface area contributed by atoms with Gasteiger partial charge < -0.3 is 10.1 Å². The summed E-state index contributed by atoms with van der Waals surface area (Å²) in [5.41, 5.74) is 6.42. The number of hydrogen-bond donors (Lipinski definition) is 1. The van der Waals surface area contributed by atoms with Gasteiger partial charge in [0.1, 0.15) is 11.6 Å². The Bertz CT molecular complexity index is 1210. The van der Waals surface area contributed by atoms with Crippen LogP contribution in [0.15, 0.2) is 95.6 Å². The van der Waals surface area contributed by atoms with Crippen molar-refractivity contribution in [3.8, 4) is 5.75 Å². The highest BCUT2D eigenvalue weighted by Crippen LogP contribution is 2.24. The predicted octanol–water partition coefficient (Wildman–Crippen LogP) is 4.14. The zero-order valence-electron chi connectivity index (χ0n) is 17.3. The molecular formula is C25H23NO4S. The van der Waals surface area contributed by atoms with Crippen molar-refractivity contribution < 1.29 is 17.9 Å². The molecule has 3 rings (SSSR count). The van der Waals surface area contributed by atoms with E-state index in [2.05, 4.69) is 11.0 Å². The maximum atomic E-state index is 12.4. The summed E-state index contributed by atoms with van der Waals surface area (Å²) in [6, 6.07) is 23.4. The summed E-state index contributed by atoms with van der Waals surface area (Å²) in [6.45, 7) is 1.88. The molecule has 5 nitrogen and oxygen atoms in total. The first-order valence-corrected chi connectivity index (χ1v) is 11.3. The molecule has 0 spiro atoms. The van der Waals surface area contributed by atoms with Crippen LogP contribution in [0, 0.1) is 6.92 Å². The lowest BCUT2D eigenvalue weighted by Gasteiger charge is -2.07. The van der Waals surface area contributed by atoms with E-state index in [0.717, 1.165) is 22.4 Å². The zero-order chi connectivity index (χ0) is 22.3. The first-order chi connectivity index (χ1) is 14.9. The summed E-state index contributed by atoms with van der Waals surface area (Å²) >= 11 is 0. The van der Waals surface area contributed by atoms with Gasteiger partial charge in [0, 0.05) is 11.6 Å². The summed E-state index contributed by atoms with van der Waals surface area (Å²) in [5, 5.41) is 2.43. The van der Waals surface area contributed by atoms with Gasteiger partial charge in [-0.1, -0.05) is 60.2 Å². The molecule has 0 aliphatic carbocycles. The first-order valence-electron chi connectivity index (χ1n) is 9.63. The molecule has 0 heterocycles. The molecule has 3 aromatic rings. The molecule has 31 heavy (non-hydrogen) atoms. The van der Waals surface area contributed by atoms with Crippen molar-refractivity contribution in [2.24, 2.45) is 0 Å². The summed E-state index contributed by atoms with van der Waals surface area (Å²) in [5.74, 6) is -0.312. The molecule has 0 saturated heterocycles. The minimum atomic E-state index is -3.62. The van der Waals surface area contributed by atoms with Gasteiger partial charge in [0.05, 0.1) is 12.0 Å². The molecule has 6 heteroatoms. The van der Waals surface area contributed by atoms with Crippen LogP contribution >= 0.6 is 0 Å². The standard InChI is InChI=1S/C25H23NO4S/c1-19-8-14-23(15-9-19)31(28,29)18-26-25(27)17-16-24(20-6-4-3-5-7-20)21-10-12-22(30-2)13-11-21/h3-15,17H,18H2,1-2H3,(H,26,27). The Hall–Kier alpha value is -3.60. The first kappa shape index (κ1) is 22.1. The van der Waals surface area contributed by atoms with Gasteiger partial charge in [-0.15, -0.1) is 5.73 Å². The van der Waals surface area contributed by atoms with E-state index in [0.29, 0.717) is 5.57 Å². The molecule has 0 bridgehead atoms. The summed E-state index contributed by atoms with van der Waals surface area (Å²) in [7, 11) is -2.03. The third-order valence-corrected chi connectivity index (χ3v) is 6.12. The molecule has 0 saturated carbocycles. The molecule has 158 valence electrons. The van der Waals surface area contributed by atoms with E-state index in [1.165, 1.54) is 18.2 Å². The van der Waals surface area contributed by atoms with Crippen LogP contribution in [-0.4, -0.2) is 27.3 Å². The van der Waals surface area contributed by atoms with E-state index >= 15 is 0 Å². The van der Waals surface area contributed by atoms with E-state index in [1.807, 2.05) is 61.5 Å². The molecule has 1 amide bonds. The van der Waals surface area contributed by atoms with Crippen LogP contribution in [0.4, 0.5) is 0 Å². The lowest BCUT2D eigenvalue weighted by Crippen LogP contribution is -2.28. The second kappa shape index (κ2) is 9.94. The largest absolute Gasteiger partial charge is 0.497 e. The van der Waals surface area contributed by atoms with Crippen molar-refractivity contribution in [2.45, 2.75) is 11.8 Å². The molecule has 0 unspecified atom stereocenters. The van der Waals surface area contributed by atoms with Crippen molar-refractivity contribution in [2.75, 3.05) is 13.0 Å². The van der Waals surface area contributed by atoms with Gasteiger partial charge in [-0.3, -0.25) is 4.79 Å². The summed E-state index contributed by atoms with van der Waals surface area (Å²) < 4.78 is 30.0. The van der Waals surface area contributed by atoms with Crippen LogP contribution in [-0.2, 0) is 14.6 Å². The molecule has 0 atom stereocenters. The monoisotopic (exact) mass is 433 g/mol. The van der Waals surface area contributed by atoms with E-state index in [-0.39, 0.29) is 4.90 Å². The number of rotatable bonds is 7. The number of nitrogens with one attached hydrogen (secondary N) is 1. The van der Waals surface area contributed by atoms with E-state index in [9.17, 15) is 13.2 Å². The van der Waals surface area contributed by atoms with Gasteiger partial charge in [0.25, 0.3) is 5.91 Å². The normalized spacial score (nSPS) is 10.6. The summed E-state index contributed by atoms with van der Waals surface area (Å²) in [6.07, 6.45) is 1.22. The molecule has 0 aliphatic heterocycles. The Kier molecular flexibility index (Phi) is 7.08. The number of ether oxygens (including phenoxy) is 1. The second-order valence-corrected chi connectivity index (χ2v) is 8.86. The number of methoxy groups -OCH3 is 1. The van der Waals surface area contributed by atoms with E-state index in [4.69, 9.17) is 4.74 Å². The van der Waals surface area contributed by atoms with Crippen LogP contribution in [0.3, 0.4) is 0 Å². The fourth-order valence-corrected chi connectivity index (χ4v) is 3.93. The Morgan fingerprint density at radius 1 is 0.935 bits per heavy atom. The van der Waals surface area contributed by atoms with E-state index in [1.54, 1.807) is 19.2 Å². The van der Waals surface area contributed by atoms with Crippen molar-refractivity contribution in [3.05, 3.63) is 107 Å². The van der Waals surface area contributed by atoms with Gasteiger partial charge in [-0.2, -0.15) is 0 Å². The number of aryl methyl sites for hydroxylation is 1. The summed E-state index contributed by atoms with van der Waals surface area (Å²) in [4.78, 5) is 12.5. The number of hydrogen-bond acceptors (Lipinski definition) is 4. The van der Waals surface area contributed by atoms with Crippen molar-refractivity contribution in [1.82, 2.24) is 5.32 Å². The molecule has 0 aromatic heterocycles. The highest BCUT2D eigenvalue weighted by Gasteiger charge is 2.14. The molecule has 0 aliphatic rings. The van der Waals surface area contributed by atoms with Crippen molar-refractivity contribution in [1.29, 1.82) is 0 Å². The fraction of sp³-hybridized carbons (Fsp3) is 0.120. The highest BCUT2D eigenvalue weighted by molar-refractivity contribution is 7.91. The SMILES string of the molecule is COc1ccc(C(=C=CC(=O)NCS(=O)(=O)c2ccc(C)cc2)c2ccccc2)cc1. The van der Waals surface area contributed by atoms with Crippen molar-refractivity contribution in [3.63, 3.8) is 0 Å². The maximum absolute atomic E-state index is 12.4. The smallest absolute Gasteiger partial charge is 0.252 e. The Morgan fingerprint density at radius 2 is 1.55 bits per heavy atom. The minimum absolute atomic E-state index is 0.168.